The first-order valence-corrected chi connectivity index (χ1v) is 10.3. The molecule has 1 aliphatic heterocycles. The molecular formula is C21H20OSi. The van der Waals surface area contributed by atoms with Crippen molar-refractivity contribution in [2.24, 2.45) is 0 Å². The molecule has 3 aromatic carbocycles. The van der Waals surface area contributed by atoms with Crippen molar-refractivity contribution in [3.8, 4) is 0 Å². The first-order chi connectivity index (χ1) is 11.4. The smallest absolute Gasteiger partial charge is 0.256 e. The van der Waals surface area contributed by atoms with Crippen LogP contribution in [0.1, 0.15) is 18.1 Å². The molecule has 0 saturated carbocycles. The molecule has 0 aliphatic carbocycles. The SMILES string of the molecule is c1ccc(C2CC[Si](c3ccccc3)(c3ccccc3)O2)cc1. The van der Waals surface area contributed by atoms with Gasteiger partial charge < -0.3 is 4.43 Å². The quantitative estimate of drug-likeness (QED) is 0.666. The van der Waals surface area contributed by atoms with Gasteiger partial charge in [0.1, 0.15) is 0 Å². The predicted molar refractivity (Wildman–Crippen MR) is 97.6 cm³/mol. The zero-order valence-corrected chi connectivity index (χ0v) is 14.1. The van der Waals surface area contributed by atoms with Gasteiger partial charge in [0.2, 0.25) is 0 Å². The van der Waals surface area contributed by atoms with E-state index in [0.29, 0.717) is 0 Å². The van der Waals surface area contributed by atoms with E-state index in [1.807, 2.05) is 0 Å². The van der Waals surface area contributed by atoms with Crippen LogP contribution in [-0.4, -0.2) is 8.32 Å². The molecule has 0 bridgehead atoms. The normalized spacial score (nSPS) is 19.6. The zero-order valence-electron chi connectivity index (χ0n) is 13.1. The van der Waals surface area contributed by atoms with Gasteiger partial charge in [-0.2, -0.15) is 0 Å². The molecule has 0 spiro atoms. The molecule has 0 N–H and O–H groups in total. The minimum atomic E-state index is -2.13. The van der Waals surface area contributed by atoms with Crippen LogP contribution in [0.25, 0.3) is 0 Å². The predicted octanol–water partition coefficient (Wildman–Crippen LogP) is 3.91. The third-order valence-corrected chi connectivity index (χ3v) is 8.97. The second-order valence-electron chi connectivity index (χ2n) is 6.11. The van der Waals surface area contributed by atoms with Crippen molar-refractivity contribution >= 4 is 18.7 Å². The standard InChI is InChI=1S/C21H20OSi/c1-4-10-18(11-5-1)21-16-17-23(22-21,19-12-6-2-7-13-19)20-14-8-3-9-15-20/h1-15,21H,16-17H2. The monoisotopic (exact) mass is 316 g/mol. The van der Waals surface area contributed by atoms with E-state index < -0.39 is 8.32 Å². The molecule has 0 radical (unpaired) electrons. The Morgan fingerprint density at radius 3 is 1.65 bits per heavy atom. The van der Waals surface area contributed by atoms with E-state index in [4.69, 9.17) is 4.43 Å². The Labute approximate surface area is 138 Å². The first kappa shape index (κ1) is 14.4. The van der Waals surface area contributed by atoms with Gasteiger partial charge >= 0.3 is 0 Å². The molecule has 0 amide bonds. The summed E-state index contributed by atoms with van der Waals surface area (Å²) < 4.78 is 6.85. The summed E-state index contributed by atoms with van der Waals surface area (Å²) in [5, 5.41) is 2.76. The summed E-state index contributed by atoms with van der Waals surface area (Å²) in [6.45, 7) is 0. The van der Waals surface area contributed by atoms with Gasteiger partial charge in [-0.25, -0.2) is 0 Å². The van der Waals surface area contributed by atoms with E-state index in [2.05, 4.69) is 91.0 Å². The number of benzene rings is 3. The van der Waals surface area contributed by atoms with Gasteiger partial charge in [0.05, 0.1) is 6.10 Å². The second-order valence-corrected chi connectivity index (χ2v) is 9.66. The van der Waals surface area contributed by atoms with E-state index in [1.165, 1.54) is 15.9 Å². The number of hydrogen-bond donors (Lipinski definition) is 0. The lowest BCUT2D eigenvalue weighted by Gasteiger charge is -2.28. The van der Waals surface area contributed by atoms with Gasteiger partial charge in [0.25, 0.3) is 8.32 Å². The van der Waals surface area contributed by atoms with E-state index in [9.17, 15) is 0 Å². The Bertz CT molecular complexity index is 716. The summed E-state index contributed by atoms with van der Waals surface area (Å²) in [5.41, 5.74) is 1.30. The number of rotatable bonds is 3. The second kappa shape index (κ2) is 6.15. The lowest BCUT2D eigenvalue weighted by molar-refractivity contribution is 0.234. The summed E-state index contributed by atoms with van der Waals surface area (Å²) in [6, 6.07) is 33.4. The molecule has 23 heavy (non-hydrogen) atoms. The van der Waals surface area contributed by atoms with Crippen molar-refractivity contribution in [1.29, 1.82) is 0 Å². The maximum atomic E-state index is 6.85. The number of hydrogen-bond acceptors (Lipinski definition) is 1. The summed E-state index contributed by atoms with van der Waals surface area (Å²) >= 11 is 0. The van der Waals surface area contributed by atoms with Crippen molar-refractivity contribution in [3.63, 3.8) is 0 Å². The Kier molecular flexibility index (Phi) is 3.86. The van der Waals surface area contributed by atoms with Crippen LogP contribution in [0.5, 0.6) is 0 Å². The lowest BCUT2D eigenvalue weighted by Crippen LogP contribution is -2.58. The van der Waals surface area contributed by atoms with E-state index in [1.54, 1.807) is 0 Å². The molecule has 114 valence electrons. The largest absolute Gasteiger partial charge is 0.401 e. The zero-order chi connectivity index (χ0) is 15.5. The maximum Gasteiger partial charge on any atom is 0.256 e. The molecule has 1 saturated heterocycles. The minimum absolute atomic E-state index is 0.211. The molecule has 1 nitrogen and oxygen atoms in total. The van der Waals surface area contributed by atoms with Gasteiger partial charge in [-0.3, -0.25) is 0 Å². The molecule has 1 aliphatic rings. The van der Waals surface area contributed by atoms with E-state index in [-0.39, 0.29) is 6.10 Å². The molecule has 2 heteroatoms. The van der Waals surface area contributed by atoms with Crippen LogP contribution in [0, 0.1) is 0 Å². The Morgan fingerprint density at radius 2 is 1.13 bits per heavy atom. The van der Waals surface area contributed by atoms with Gasteiger partial charge in [0.15, 0.2) is 0 Å². The van der Waals surface area contributed by atoms with Crippen molar-refractivity contribution in [2.45, 2.75) is 18.6 Å². The summed E-state index contributed by atoms with van der Waals surface area (Å²) in [4.78, 5) is 0. The average Bonchev–Trinajstić information content (AvgIpc) is 3.11. The van der Waals surface area contributed by atoms with Crippen molar-refractivity contribution < 1.29 is 4.43 Å². The van der Waals surface area contributed by atoms with Crippen molar-refractivity contribution in [2.75, 3.05) is 0 Å². The third kappa shape index (κ3) is 2.65. The Hall–Kier alpha value is -2.16. The van der Waals surface area contributed by atoms with Crippen LogP contribution in [0.15, 0.2) is 91.0 Å². The molecule has 4 rings (SSSR count). The lowest BCUT2D eigenvalue weighted by atomic mass is 10.1. The van der Waals surface area contributed by atoms with Crippen molar-refractivity contribution in [1.82, 2.24) is 0 Å². The van der Waals surface area contributed by atoms with Crippen molar-refractivity contribution in [3.05, 3.63) is 96.6 Å². The van der Waals surface area contributed by atoms with Crippen LogP contribution in [0.2, 0.25) is 6.04 Å². The summed E-state index contributed by atoms with van der Waals surface area (Å²) in [5.74, 6) is 0. The van der Waals surface area contributed by atoms with Gasteiger partial charge in [0, 0.05) is 0 Å². The Morgan fingerprint density at radius 1 is 0.652 bits per heavy atom. The van der Waals surface area contributed by atoms with Crippen LogP contribution in [-0.2, 0) is 4.43 Å². The third-order valence-electron chi connectivity index (χ3n) is 4.75. The maximum absolute atomic E-state index is 6.85. The average molecular weight is 316 g/mol. The van der Waals surface area contributed by atoms with Gasteiger partial charge in [-0.15, -0.1) is 0 Å². The minimum Gasteiger partial charge on any atom is -0.401 e. The van der Waals surface area contributed by atoms with Gasteiger partial charge in [-0.05, 0) is 28.4 Å². The highest BCUT2D eigenvalue weighted by Crippen LogP contribution is 2.37. The summed E-state index contributed by atoms with van der Waals surface area (Å²) in [6.07, 6.45) is 1.31. The van der Waals surface area contributed by atoms with Crippen LogP contribution in [0.4, 0.5) is 0 Å². The Balaban J connectivity index is 1.77. The van der Waals surface area contributed by atoms with Crippen LogP contribution >= 0.6 is 0 Å². The molecular weight excluding hydrogens is 296 g/mol. The molecule has 1 unspecified atom stereocenters. The van der Waals surface area contributed by atoms with Crippen LogP contribution < -0.4 is 10.4 Å². The molecule has 3 aromatic rings. The van der Waals surface area contributed by atoms with E-state index >= 15 is 0 Å². The highest BCUT2D eigenvalue weighted by molar-refractivity contribution is 6.97. The highest BCUT2D eigenvalue weighted by Gasteiger charge is 2.46. The molecule has 1 heterocycles. The highest BCUT2D eigenvalue weighted by atomic mass is 28.4. The molecule has 1 atom stereocenters. The first-order valence-electron chi connectivity index (χ1n) is 8.22. The molecule has 1 fully saturated rings. The van der Waals surface area contributed by atoms with Gasteiger partial charge in [-0.1, -0.05) is 91.0 Å². The fourth-order valence-electron chi connectivity index (χ4n) is 3.60. The summed E-state index contributed by atoms with van der Waals surface area (Å²) in [7, 11) is -2.13. The fraction of sp³-hybridized carbons (Fsp3) is 0.143. The van der Waals surface area contributed by atoms with Crippen LogP contribution in [0.3, 0.4) is 0 Å². The van der Waals surface area contributed by atoms with E-state index in [0.717, 1.165) is 12.5 Å². The topological polar surface area (TPSA) is 9.23 Å². The molecule has 0 aromatic heterocycles. The fourth-order valence-corrected chi connectivity index (χ4v) is 7.77.